The molecule has 1 unspecified atom stereocenters. The summed E-state index contributed by atoms with van der Waals surface area (Å²) in [5.74, 6) is -1.44. The topological polar surface area (TPSA) is 44.7 Å². The summed E-state index contributed by atoms with van der Waals surface area (Å²) in [6.07, 6.45) is -3.02. The molecule has 0 aliphatic carbocycles. The molecule has 0 aromatic heterocycles. The number of nitrogens with one attached hydrogen (secondary N) is 1. The first kappa shape index (κ1) is 11.8. The molecule has 1 rings (SSSR count). The molecule has 0 saturated carbocycles. The Balaban J connectivity index is 3.16. The zero-order chi connectivity index (χ0) is 11.7. The van der Waals surface area contributed by atoms with Gasteiger partial charge in [0.1, 0.15) is 0 Å². The second kappa shape index (κ2) is 3.73. The van der Waals surface area contributed by atoms with E-state index < -0.39 is 17.6 Å². The quantitative estimate of drug-likeness (QED) is 0.543. The molecule has 1 N–H and O–H groups in total. The smallest absolute Gasteiger partial charge is 0.317 e. The molecule has 0 aromatic carbocycles. The van der Waals surface area contributed by atoms with Gasteiger partial charge in [-0.15, -0.1) is 0 Å². The number of hydrazine groups is 1. The Morgan fingerprint density at radius 1 is 1.67 bits per heavy atom. The van der Waals surface area contributed by atoms with Crippen molar-refractivity contribution in [2.75, 3.05) is 7.05 Å². The van der Waals surface area contributed by atoms with Crippen molar-refractivity contribution in [3.8, 4) is 0 Å². The molecule has 15 heavy (non-hydrogen) atoms. The summed E-state index contributed by atoms with van der Waals surface area (Å²) < 4.78 is 38.0. The van der Waals surface area contributed by atoms with Gasteiger partial charge in [-0.3, -0.25) is 4.79 Å². The molecule has 0 saturated heterocycles. The Labute approximate surface area is 88.4 Å². The Bertz CT molecular complexity index is 361. The lowest BCUT2D eigenvalue weighted by Crippen LogP contribution is -2.60. The number of hydrogen-bond acceptors (Lipinski definition) is 4. The van der Waals surface area contributed by atoms with E-state index in [2.05, 4.69) is 17.2 Å². The van der Waals surface area contributed by atoms with Crippen molar-refractivity contribution < 1.29 is 18.0 Å². The number of nitrogens with zero attached hydrogens (tertiary/aromatic N) is 2. The molecular formula is C7H6F3N3OS. The third-order valence-electron chi connectivity index (χ3n) is 1.83. The lowest BCUT2D eigenvalue weighted by molar-refractivity contribution is -0.190. The number of rotatable bonds is 1. The molecule has 82 valence electrons. The van der Waals surface area contributed by atoms with Gasteiger partial charge in [0.05, 0.1) is 5.16 Å². The predicted octanol–water partition coefficient (Wildman–Crippen LogP) is 0.881. The van der Waals surface area contributed by atoms with Gasteiger partial charge in [-0.25, -0.2) is 5.43 Å². The lowest BCUT2D eigenvalue weighted by Gasteiger charge is -2.28. The van der Waals surface area contributed by atoms with Gasteiger partial charge in [-0.1, -0.05) is 0 Å². The van der Waals surface area contributed by atoms with Gasteiger partial charge >= 0.3 is 6.18 Å². The minimum absolute atomic E-state index is 0.686. The highest BCUT2D eigenvalue weighted by Gasteiger charge is 2.61. The normalized spacial score (nSPS) is 25.2. The van der Waals surface area contributed by atoms with E-state index in [1.54, 1.807) is 5.16 Å². The minimum atomic E-state index is -4.79. The van der Waals surface area contributed by atoms with Crippen LogP contribution >= 0.6 is 12.2 Å². The summed E-state index contributed by atoms with van der Waals surface area (Å²) in [5.41, 5.74) is -0.866. The van der Waals surface area contributed by atoms with E-state index in [-0.39, 0.29) is 0 Å². The van der Waals surface area contributed by atoms with Crippen molar-refractivity contribution in [3.05, 3.63) is 12.3 Å². The number of hydrogen-bond donors (Lipinski definition) is 1. The fourth-order valence-corrected chi connectivity index (χ4v) is 1.19. The van der Waals surface area contributed by atoms with Crippen LogP contribution < -0.4 is 5.43 Å². The summed E-state index contributed by atoms with van der Waals surface area (Å²) in [6, 6.07) is 0. The maximum absolute atomic E-state index is 12.7. The maximum atomic E-state index is 12.7. The van der Waals surface area contributed by atoms with Crippen LogP contribution in [0.2, 0.25) is 0 Å². The molecule has 1 aliphatic heterocycles. The fraction of sp³-hybridized carbons (Fsp3) is 0.429. The molecule has 1 amide bonds. The van der Waals surface area contributed by atoms with Gasteiger partial charge in [0.25, 0.3) is 5.91 Å². The number of carbonyl (C=O) groups excluding carboxylic acids is 1. The second-order valence-electron chi connectivity index (χ2n) is 2.85. The first-order valence-corrected chi connectivity index (χ1v) is 4.13. The van der Waals surface area contributed by atoms with Crippen LogP contribution in [0.15, 0.2) is 17.3 Å². The molecule has 0 fully saturated rings. The number of isothiocyanates is 1. The largest absolute Gasteiger partial charge is 0.421 e. The Hall–Kier alpha value is -1.24. The van der Waals surface area contributed by atoms with Gasteiger partial charge in [0.2, 0.25) is 5.54 Å². The Kier molecular flexibility index (Phi) is 2.94. The van der Waals surface area contributed by atoms with E-state index in [4.69, 9.17) is 0 Å². The number of alkyl halides is 3. The van der Waals surface area contributed by atoms with Gasteiger partial charge in [0, 0.05) is 13.2 Å². The first-order valence-electron chi connectivity index (χ1n) is 3.72. The Morgan fingerprint density at radius 3 is 2.60 bits per heavy atom. The standard InChI is InChI=1S/C7H6F3N3OS/c1-13-3-2-6(12-13,7(8,9)10)5(14)11-4-15/h2-3,12H,1H3. The summed E-state index contributed by atoms with van der Waals surface area (Å²) in [7, 11) is 1.33. The third kappa shape index (κ3) is 1.92. The number of aliphatic imine (C=N–C) groups is 1. The van der Waals surface area contributed by atoms with Gasteiger partial charge in [-0.2, -0.15) is 18.2 Å². The minimum Gasteiger partial charge on any atom is -0.317 e. The van der Waals surface area contributed by atoms with E-state index >= 15 is 0 Å². The maximum Gasteiger partial charge on any atom is 0.421 e. The van der Waals surface area contributed by atoms with Gasteiger partial charge < -0.3 is 5.01 Å². The van der Waals surface area contributed by atoms with Crippen LogP contribution in [-0.4, -0.2) is 34.8 Å². The summed E-state index contributed by atoms with van der Waals surface area (Å²) in [4.78, 5) is 14.0. The van der Waals surface area contributed by atoms with Crippen molar-refractivity contribution >= 4 is 23.3 Å². The molecule has 0 spiro atoms. The average Bonchev–Trinajstić information content (AvgIpc) is 2.48. The number of amides is 1. The fourth-order valence-electron chi connectivity index (χ4n) is 1.10. The second-order valence-corrected chi connectivity index (χ2v) is 3.04. The zero-order valence-corrected chi connectivity index (χ0v) is 8.32. The molecule has 1 atom stereocenters. The van der Waals surface area contributed by atoms with Crippen molar-refractivity contribution in [1.82, 2.24) is 10.4 Å². The van der Waals surface area contributed by atoms with E-state index in [0.717, 1.165) is 11.2 Å². The van der Waals surface area contributed by atoms with E-state index in [1.165, 1.54) is 7.05 Å². The van der Waals surface area contributed by atoms with Crippen molar-refractivity contribution in [2.24, 2.45) is 4.99 Å². The van der Waals surface area contributed by atoms with Crippen LogP contribution in [0, 0.1) is 0 Å². The zero-order valence-electron chi connectivity index (χ0n) is 7.50. The SMILES string of the molecule is CN1C=CC(C(=O)N=C=S)(C(F)(F)F)N1. The molecule has 4 nitrogen and oxygen atoms in total. The monoisotopic (exact) mass is 237 g/mol. The Morgan fingerprint density at radius 2 is 2.27 bits per heavy atom. The average molecular weight is 237 g/mol. The van der Waals surface area contributed by atoms with Crippen molar-refractivity contribution in [2.45, 2.75) is 11.7 Å². The van der Waals surface area contributed by atoms with Crippen LogP contribution in [0.1, 0.15) is 0 Å². The van der Waals surface area contributed by atoms with Crippen molar-refractivity contribution in [1.29, 1.82) is 0 Å². The van der Waals surface area contributed by atoms with Gasteiger partial charge in [-0.05, 0) is 18.3 Å². The predicted molar refractivity (Wildman–Crippen MR) is 48.9 cm³/mol. The summed E-state index contributed by atoms with van der Waals surface area (Å²) >= 11 is 4.10. The van der Waals surface area contributed by atoms with Crippen LogP contribution in [-0.2, 0) is 4.79 Å². The molecule has 1 heterocycles. The van der Waals surface area contributed by atoms with Crippen LogP contribution in [0.25, 0.3) is 0 Å². The van der Waals surface area contributed by atoms with Crippen LogP contribution in [0.5, 0.6) is 0 Å². The lowest BCUT2D eigenvalue weighted by atomic mass is 10.00. The van der Waals surface area contributed by atoms with E-state index in [0.29, 0.717) is 6.08 Å². The first-order chi connectivity index (χ1) is 6.83. The highest BCUT2D eigenvalue weighted by atomic mass is 32.1. The number of halogens is 3. The highest BCUT2D eigenvalue weighted by molar-refractivity contribution is 7.78. The molecule has 0 aromatic rings. The van der Waals surface area contributed by atoms with Crippen molar-refractivity contribution in [3.63, 3.8) is 0 Å². The third-order valence-corrected chi connectivity index (χ3v) is 1.92. The number of thiocarbonyl (C=S) groups is 1. The highest BCUT2D eigenvalue weighted by Crippen LogP contribution is 2.35. The van der Waals surface area contributed by atoms with Crippen LogP contribution in [0.4, 0.5) is 13.2 Å². The van der Waals surface area contributed by atoms with E-state index in [1.807, 2.05) is 5.43 Å². The van der Waals surface area contributed by atoms with E-state index in [9.17, 15) is 18.0 Å². The molecule has 0 bridgehead atoms. The summed E-state index contributed by atoms with van der Waals surface area (Å²) in [5, 5.41) is 2.64. The molecule has 8 heteroatoms. The molecule has 1 aliphatic rings. The van der Waals surface area contributed by atoms with Gasteiger partial charge in [0.15, 0.2) is 0 Å². The molecule has 0 radical (unpaired) electrons. The molecular weight excluding hydrogens is 231 g/mol. The summed E-state index contributed by atoms with van der Waals surface area (Å²) in [6.45, 7) is 0. The number of carbonyl (C=O) groups is 1. The van der Waals surface area contributed by atoms with Crippen LogP contribution in [0.3, 0.4) is 0 Å².